The molecule has 2 N–H and O–H groups in total. The van der Waals surface area contributed by atoms with Crippen molar-refractivity contribution in [3.05, 3.63) is 84.1 Å². The van der Waals surface area contributed by atoms with E-state index in [0.717, 1.165) is 21.7 Å². The fourth-order valence-corrected chi connectivity index (χ4v) is 3.29. The van der Waals surface area contributed by atoms with Gasteiger partial charge in [0.05, 0.1) is 11.6 Å². The molecule has 0 bridgehead atoms. The molecule has 0 saturated heterocycles. The Hall–Kier alpha value is -3.40. The molecule has 0 radical (unpaired) electrons. The largest absolute Gasteiger partial charge is 0.505 e. The van der Waals surface area contributed by atoms with Gasteiger partial charge in [0.1, 0.15) is 5.52 Å². The summed E-state index contributed by atoms with van der Waals surface area (Å²) >= 11 is 0. The van der Waals surface area contributed by atoms with Crippen LogP contribution >= 0.6 is 0 Å². The van der Waals surface area contributed by atoms with Gasteiger partial charge in [-0.2, -0.15) is 0 Å². The van der Waals surface area contributed by atoms with Gasteiger partial charge in [-0.1, -0.05) is 54.6 Å². The van der Waals surface area contributed by atoms with Crippen molar-refractivity contribution < 1.29 is 9.90 Å². The van der Waals surface area contributed by atoms with Crippen molar-refractivity contribution in [1.29, 1.82) is 0 Å². The maximum Gasteiger partial charge on any atom is 0.255 e. The minimum Gasteiger partial charge on any atom is -0.505 e. The van der Waals surface area contributed by atoms with Crippen LogP contribution in [0, 0.1) is 0 Å². The molecule has 0 aliphatic carbocycles. The van der Waals surface area contributed by atoms with Gasteiger partial charge in [-0.25, -0.2) is 0 Å². The molecular formula is C22H18N2O2. The molecule has 0 unspecified atom stereocenters. The van der Waals surface area contributed by atoms with Crippen LogP contribution in [0.3, 0.4) is 0 Å². The lowest BCUT2D eigenvalue weighted by molar-refractivity contribution is 0.0937. The maximum absolute atomic E-state index is 12.7. The first-order valence-electron chi connectivity index (χ1n) is 8.50. The Morgan fingerprint density at radius 1 is 0.962 bits per heavy atom. The van der Waals surface area contributed by atoms with E-state index in [9.17, 15) is 9.90 Å². The molecule has 4 heteroatoms. The van der Waals surface area contributed by atoms with E-state index in [0.29, 0.717) is 5.52 Å². The minimum absolute atomic E-state index is 0.0919. The van der Waals surface area contributed by atoms with Crippen molar-refractivity contribution >= 4 is 27.6 Å². The predicted octanol–water partition coefficient (Wildman–Crippen LogP) is 4.58. The molecule has 1 heterocycles. The highest BCUT2D eigenvalue weighted by Gasteiger charge is 2.18. The Balaban J connectivity index is 1.67. The van der Waals surface area contributed by atoms with Gasteiger partial charge >= 0.3 is 0 Å². The number of phenolic OH excluding ortho intramolecular Hbond substituents is 1. The number of hydrogen-bond acceptors (Lipinski definition) is 3. The van der Waals surface area contributed by atoms with E-state index in [1.165, 1.54) is 0 Å². The summed E-state index contributed by atoms with van der Waals surface area (Å²) in [6, 6.07) is 21.0. The Morgan fingerprint density at radius 2 is 1.73 bits per heavy atom. The first-order valence-corrected chi connectivity index (χ1v) is 8.50. The van der Waals surface area contributed by atoms with Gasteiger partial charge in [-0.05, 0) is 35.4 Å². The van der Waals surface area contributed by atoms with Crippen molar-refractivity contribution in [2.75, 3.05) is 0 Å². The molecule has 4 aromatic rings. The van der Waals surface area contributed by atoms with Crippen LogP contribution in [0.15, 0.2) is 72.9 Å². The molecule has 26 heavy (non-hydrogen) atoms. The zero-order chi connectivity index (χ0) is 18.1. The van der Waals surface area contributed by atoms with E-state index in [1.807, 2.05) is 55.5 Å². The lowest BCUT2D eigenvalue weighted by Crippen LogP contribution is -2.26. The van der Waals surface area contributed by atoms with Gasteiger partial charge in [-0.15, -0.1) is 0 Å². The maximum atomic E-state index is 12.7. The van der Waals surface area contributed by atoms with Gasteiger partial charge in [-0.3, -0.25) is 9.78 Å². The number of phenols is 1. The Labute approximate surface area is 151 Å². The molecule has 1 aromatic heterocycles. The molecule has 1 amide bonds. The molecule has 0 spiro atoms. The lowest BCUT2D eigenvalue weighted by atomic mass is 9.99. The number of nitrogens with one attached hydrogen (secondary N) is 1. The van der Waals surface area contributed by atoms with E-state index in [4.69, 9.17) is 0 Å². The third-order valence-electron chi connectivity index (χ3n) is 4.63. The first kappa shape index (κ1) is 16.1. The smallest absolute Gasteiger partial charge is 0.255 e. The number of fused-ring (bicyclic) bond motifs is 2. The summed E-state index contributed by atoms with van der Waals surface area (Å²) in [4.78, 5) is 16.9. The fraction of sp³-hybridized carbons (Fsp3) is 0.0909. The molecule has 0 fully saturated rings. The van der Waals surface area contributed by atoms with Crippen LogP contribution in [-0.4, -0.2) is 16.0 Å². The summed E-state index contributed by atoms with van der Waals surface area (Å²) < 4.78 is 0. The monoisotopic (exact) mass is 342 g/mol. The Bertz CT molecular complexity index is 1120. The fourth-order valence-electron chi connectivity index (χ4n) is 3.29. The van der Waals surface area contributed by atoms with Gasteiger partial charge in [0.15, 0.2) is 5.75 Å². The van der Waals surface area contributed by atoms with E-state index in [2.05, 4.69) is 10.3 Å². The number of rotatable bonds is 3. The van der Waals surface area contributed by atoms with Crippen LogP contribution in [0.1, 0.15) is 28.9 Å². The van der Waals surface area contributed by atoms with E-state index < -0.39 is 0 Å². The highest BCUT2D eigenvalue weighted by atomic mass is 16.3. The van der Waals surface area contributed by atoms with Gasteiger partial charge in [0.25, 0.3) is 5.91 Å². The molecule has 1 atom stereocenters. The molecule has 4 nitrogen and oxygen atoms in total. The van der Waals surface area contributed by atoms with E-state index in [1.54, 1.807) is 24.4 Å². The van der Waals surface area contributed by atoms with Gasteiger partial charge in [0, 0.05) is 11.6 Å². The number of amides is 1. The third-order valence-corrected chi connectivity index (χ3v) is 4.63. The van der Waals surface area contributed by atoms with Crippen LogP contribution in [0.25, 0.3) is 21.7 Å². The summed E-state index contributed by atoms with van der Waals surface area (Å²) in [6.07, 6.45) is 1.60. The molecule has 128 valence electrons. The molecule has 4 rings (SSSR count). The van der Waals surface area contributed by atoms with Crippen molar-refractivity contribution in [2.24, 2.45) is 0 Å². The third kappa shape index (κ3) is 2.75. The van der Waals surface area contributed by atoms with E-state index in [-0.39, 0.29) is 23.3 Å². The number of hydrogen-bond donors (Lipinski definition) is 2. The average Bonchev–Trinajstić information content (AvgIpc) is 2.68. The second kappa shape index (κ2) is 6.48. The van der Waals surface area contributed by atoms with Crippen LogP contribution in [0.2, 0.25) is 0 Å². The van der Waals surface area contributed by atoms with Crippen LogP contribution in [0.4, 0.5) is 0 Å². The average molecular weight is 342 g/mol. The van der Waals surface area contributed by atoms with Crippen molar-refractivity contribution in [1.82, 2.24) is 10.3 Å². The van der Waals surface area contributed by atoms with Gasteiger partial charge < -0.3 is 10.4 Å². The normalized spacial score (nSPS) is 12.2. The van der Waals surface area contributed by atoms with Crippen LogP contribution in [0.5, 0.6) is 5.75 Å². The first-order chi connectivity index (χ1) is 12.6. The second-order valence-electron chi connectivity index (χ2n) is 6.30. The van der Waals surface area contributed by atoms with Crippen molar-refractivity contribution in [3.8, 4) is 5.75 Å². The van der Waals surface area contributed by atoms with Gasteiger partial charge in [0.2, 0.25) is 0 Å². The number of aromatic nitrogens is 1. The van der Waals surface area contributed by atoms with Crippen LogP contribution < -0.4 is 5.32 Å². The highest BCUT2D eigenvalue weighted by molar-refractivity contribution is 6.02. The van der Waals surface area contributed by atoms with Crippen LogP contribution in [-0.2, 0) is 0 Å². The topological polar surface area (TPSA) is 62.2 Å². The molecule has 0 aliphatic heterocycles. The number of nitrogens with zero attached hydrogens (tertiary/aromatic N) is 1. The summed E-state index contributed by atoms with van der Waals surface area (Å²) in [5, 5.41) is 16.5. The van der Waals surface area contributed by atoms with Crippen molar-refractivity contribution in [3.63, 3.8) is 0 Å². The predicted molar refractivity (Wildman–Crippen MR) is 103 cm³/mol. The number of carbonyl (C=O) groups excluding carboxylic acids is 1. The summed E-state index contributed by atoms with van der Waals surface area (Å²) in [7, 11) is 0. The van der Waals surface area contributed by atoms with Crippen molar-refractivity contribution in [2.45, 2.75) is 13.0 Å². The van der Waals surface area contributed by atoms with E-state index >= 15 is 0 Å². The molecule has 0 saturated carbocycles. The zero-order valence-corrected chi connectivity index (χ0v) is 14.3. The summed E-state index contributed by atoms with van der Waals surface area (Å²) in [5.41, 5.74) is 1.69. The molecular weight excluding hydrogens is 324 g/mol. The summed E-state index contributed by atoms with van der Waals surface area (Å²) in [5.74, 6) is -0.416. The second-order valence-corrected chi connectivity index (χ2v) is 6.30. The molecule has 0 aliphatic rings. The SMILES string of the molecule is C[C@@H](NC(=O)c1ccc2cccnc2c1O)c1cccc2ccccc12. The lowest BCUT2D eigenvalue weighted by Gasteiger charge is -2.17. The minimum atomic E-state index is -0.324. The standard InChI is InChI=1S/C22H18N2O2/c1-14(17-10-4-7-15-6-2-3-9-18(15)17)24-22(26)19-12-11-16-8-5-13-23-20(16)21(19)25/h2-14,25H,1H3,(H,24,26)/t14-/m1/s1. The number of pyridine rings is 1. The number of benzene rings is 3. The molecule has 3 aromatic carbocycles. The summed E-state index contributed by atoms with van der Waals surface area (Å²) in [6.45, 7) is 1.94. The Morgan fingerprint density at radius 3 is 2.62 bits per heavy atom. The Kier molecular flexibility index (Phi) is 4.01. The number of carbonyl (C=O) groups is 1. The highest BCUT2D eigenvalue weighted by Crippen LogP contribution is 2.28. The zero-order valence-electron chi connectivity index (χ0n) is 14.3. The quantitative estimate of drug-likeness (QED) is 0.573. The number of aromatic hydroxyl groups is 1.